The third-order valence-electron chi connectivity index (χ3n) is 4.40. The van der Waals surface area contributed by atoms with Crippen molar-refractivity contribution in [1.29, 1.82) is 0 Å². The molecule has 0 radical (unpaired) electrons. The molecule has 1 N–H and O–H groups in total. The van der Waals surface area contributed by atoms with Crippen LogP contribution in [0.4, 0.5) is 0 Å². The van der Waals surface area contributed by atoms with Gasteiger partial charge in [-0.05, 0) is 31.9 Å². The van der Waals surface area contributed by atoms with Crippen molar-refractivity contribution in [1.82, 2.24) is 25.0 Å². The predicted octanol–water partition coefficient (Wildman–Crippen LogP) is 1.89. The summed E-state index contributed by atoms with van der Waals surface area (Å²) in [7, 11) is 0. The second-order valence-electron chi connectivity index (χ2n) is 6.36. The average molecular weight is 311 g/mol. The zero-order chi connectivity index (χ0) is 15.8. The molecule has 6 heteroatoms. The molecule has 1 aliphatic heterocycles. The van der Waals surface area contributed by atoms with Gasteiger partial charge in [-0.1, -0.05) is 13.0 Å². The molecule has 0 unspecified atom stereocenters. The Bertz CT molecular complexity index is 734. The second kappa shape index (κ2) is 5.77. The van der Waals surface area contributed by atoms with Gasteiger partial charge in [0.1, 0.15) is 0 Å². The van der Waals surface area contributed by atoms with E-state index in [0.29, 0.717) is 11.6 Å². The number of hydrogen-bond acceptors (Lipinski definition) is 4. The Morgan fingerprint density at radius 2 is 2.26 bits per heavy atom. The summed E-state index contributed by atoms with van der Waals surface area (Å²) in [4.78, 5) is 19.4. The monoisotopic (exact) mass is 311 g/mol. The molecule has 1 aliphatic carbocycles. The van der Waals surface area contributed by atoms with Crippen molar-refractivity contribution in [3.8, 4) is 5.82 Å². The van der Waals surface area contributed by atoms with Crippen LogP contribution in [0, 0.1) is 0 Å². The van der Waals surface area contributed by atoms with Gasteiger partial charge in [0, 0.05) is 30.9 Å². The maximum atomic E-state index is 12.5. The third kappa shape index (κ3) is 2.74. The molecule has 120 valence electrons. The highest BCUT2D eigenvalue weighted by Crippen LogP contribution is 2.25. The molecule has 0 saturated heterocycles. The highest BCUT2D eigenvalue weighted by molar-refractivity contribution is 5.95. The van der Waals surface area contributed by atoms with E-state index in [1.807, 2.05) is 10.7 Å². The molecule has 1 fully saturated rings. The van der Waals surface area contributed by atoms with Gasteiger partial charge in [0.05, 0.1) is 17.5 Å². The zero-order valence-electron chi connectivity index (χ0n) is 13.3. The number of pyridine rings is 1. The quantitative estimate of drug-likeness (QED) is 0.936. The van der Waals surface area contributed by atoms with Crippen molar-refractivity contribution in [2.45, 2.75) is 45.3 Å². The average Bonchev–Trinajstić information content (AvgIpc) is 3.29. The van der Waals surface area contributed by atoms with Crippen molar-refractivity contribution in [3.63, 3.8) is 0 Å². The summed E-state index contributed by atoms with van der Waals surface area (Å²) in [6.45, 7) is 4.72. The first kappa shape index (κ1) is 14.4. The van der Waals surface area contributed by atoms with Crippen LogP contribution < -0.4 is 5.32 Å². The van der Waals surface area contributed by atoms with Crippen LogP contribution in [0.15, 0.2) is 24.5 Å². The molecule has 0 spiro atoms. The fourth-order valence-corrected chi connectivity index (χ4v) is 3.12. The Morgan fingerprint density at radius 3 is 3.04 bits per heavy atom. The van der Waals surface area contributed by atoms with E-state index in [9.17, 15) is 4.79 Å². The topological polar surface area (TPSA) is 63.1 Å². The van der Waals surface area contributed by atoms with E-state index >= 15 is 0 Å². The van der Waals surface area contributed by atoms with E-state index in [1.165, 1.54) is 0 Å². The van der Waals surface area contributed by atoms with Crippen LogP contribution in [0.1, 0.15) is 47.8 Å². The summed E-state index contributed by atoms with van der Waals surface area (Å²) in [5.41, 5.74) is 2.77. The van der Waals surface area contributed by atoms with E-state index in [0.717, 1.165) is 56.0 Å². The second-order valence-corrected chi connectivity index (χ2v) is 6.36. The molecule has 1 saturated carbocycles. The Balaban J connectivity index is 1.75. The Hall–Kier alpha value is -2.21. The van der Waals surface area contributed by atoms with Crippen LogP contribution >= 0.6 is 0 Å². The lowest BCUT2D eigenvalue weighted by Gasteiger charge is -2.19. The van der Waals surface area contributed by atoms with E-state index in [4.69, 9.17) is 0 Å². The summed E-state index contributed by atoms with van der Waals surface area (Å²) in [6.07, 6.45) is 6.71. The molecule has 2 aromatic rings. The van der Waals surface area contributed by atoms with E-state index < -0.39 is 0 Å². The van der Waals surface area contributed by atoms with E-state index in [-0.39, 0.29) is 5.91 Å². The fraction of sp³-hybridized carbons (Fsp3) is 0.471. The number of nitrogens with one attached hydrogen (secondary N) is 1. The molecular formula is C17H21N5O. The molecule has 6 nitrogen and oxygen atoms in total. The lowest BCUT2D eigenvalue weighted by molar-refractivity contribution is 0.0949. The van der Waals surface area contributed by atoms with Gasteiger partial charge in [0.2, 0.25) is 0 Å². The largest absolute Gasteiger partial charge is 0.349 e. The minimum atomic E-state index is -0.00965. The zero-order valence-corrected chi connectivity index (χ0v) is 13.3. The van der Waals surface area contributed by atoms with Crippen LogP contribution in [0.25, 0.3) is 5.82 Å². The molecule has 0 atom stereocenters. The molecule has 0 aromatic carbocycles. The number of nitrogens with zero attached hydrogens (tertiary/aromatic N) is 4. The molecule has 2 aliphatic rings. The molecule has 3 heterocycles. The highest BCUT2D eigenvalue weighted by Gasteiger charge is 2.29. The van der Waals surface area contributed by atoms with Crippen molar-refractivity contribution in [2.24, 2.45) is 0 Å². The number of hydrogen-bond donors (Lipinski definition) is 1. The Kier molecular flexibility index (Phi) is 3.61. The SMILES string of the molecule is CCCN1Cc2cccnc2-n2ncc(C(=O)NC3CC3)c2C1. The molecule has 1 amide bonds. The predicted molar refractivity (Wildman–Crippen MR) is 86.3 cm³/mol. The molecule has 2 aromatic heterocycles. The lowest BCUT2D eigenvalue weighted by Crippen LogP contribution is -2.28. The number of rotatable bonds is 4. The standard InChI is InChI=1S/C17H21N5O/c1-2-8-21-10-12-4-3-7-18-16(12)22-15(11-21)14(9-19-22)17(23)20-13-5-6-13/h3-4,7,9,13H,2,5-6,8,10-11H2,1H3,(H,20,23). The van der Waals surface area contributed by atoms with Gasteiger partial charge in [-0.15, -0.1) is 0 Å². The number of amides is 1. The molecule has 4 rings (SSSR count). The van der Waals surface area contributed by atoms with Gasteiger partial charge < -0.3 is 5.32 Å². The molecule has 23 heavy (non-hydrogen) atoms. The maximum absolute atomic E-state index is 12.5. The summed E-state index contributed by atoms with van der Waals surface area (Å²) >= 11 is 0. The van der Waals surface area contributed by atoms with Crippen molar-refractivity contribution in [2.75, 3.05) is 6.54 Å². The van der Waals surface area contributed by atoms with Gasteiger partial charge in [-0.3, -0.25) is 9.69 Å². The summed E-state index contributed by atoms with van der Waals surface area (Å²) in [5, 5.41) is 7.53. The van der Waals surface area contributed by atoms with E-state index in [1.54, 1.807) is 12.4 Å². The maximum Gasteiger partial charge on any atom is 0.255 e. The van der Waals surface area contributed by atoms with Gasteiger partial charge >= 0.3 is 0 Å². The summed E-state index contributed by atoms with van der Waals surface area (Å²) in [5.74, 6) is 0.830. The van der Waals surface area contributed by atoms with Crippen LogP contribution in [0.5, 0.6) is 0 Å². The van der Waals surface area contributed by atoms with Crippen LogP contribution in [-0.4, -0.2) is 38.2 Å². The van der Waals surface area contributed by atoms with Crippen molar-refractivity contribution in [3.05, 3.63) is 41.3 Å². The normalized spacial score (nSPS) is 17.3. The van der Waals surface area contributed by atoms with Gasteiger partial charge in [-0.2, -0.15) is 5.10 Å². The minimum absolute atomic E-state index is 0.00965. The van der Waals surface area contributed by atoms with Gasteiger partial charge in [0.25, 0.3) is 5.91 Å². The molecule has 0 bridgehead atoms. The number of fused-ring (bicyclic) bond motifs is 3. The summed E-state index contributed by atoms with van der Waals surface area (Å²) in [6, 6.07) is 4.39. The smallest absolute Gasteiger partial charge is 0.255 e. The summed E-state index contributed by atoms with van der Waals surface area (Å²) < 4.78 is 1.84. The van der Waals surface area contributed by atoms with E-state index in [2.05, 4.69) is 33.3 Å². The van der Waals surface area contributed by atoms with Crippen LogP contribution in [-0.2, 0) is 13.1 Å². The third-order valence-corrected chi connectivity index (χ3v) is 4.40. The minimum Gasteiger partial charge on any atom is -0.349 e. The molecular weight excluding hydrogens is 290 g/mol. The lowest BCUT2D eigenvalue weighted by atomic mass is 10.2. The van der Waals surface area contributed by atoms with Crippen molar-refractivity contribution < 1.29 is 4.79 Å². The first-order valence-corrected chi connectivity index (χ1v) is 8.30. The number of carbonyl (C=O) groups excluding carboxylic acids is 1. The number of aromatic nitrogens is 3. The van der Waals surface area contributed by atoms with Gasteiger partial charge in [0.15, 0.2) is 5.82 Å². The van der Waals surface area contributed by atoms with Crippen LogP contribution in [0.2, 0.25) is 0 Å². The Morgan fingerprint density at radius 1 is 1.39 bits per heavy atom. The van der Waals surface area contributed by atoms with Crippen LogP contribution in [0.3, 0.4) is 0 Å². The fourth-order valence-electron chi connectivity index (χ4n) is 3.12. The Labute approximate surface area is 135 Å². The highest BCUT2D eigenvalue weighted by atomic mass is 16.1. The van der Waals surface area contributed by atoms with Crippen molar-refractivity contribution >= 4 is 5.91 Å². The first-order chi connectivity index (χ1) is 11.3. The van der Waals surface area contributed by atoms with Gasteiger partial charge in [-0.25, -0.2) is 9.67 Å². The number of carbonyl (C=O) groups is 1. The first-order valence-electron chi connectivity index (χ1n) is 8.30.